The van der Waals surface area contributed by atoms with Gasteiger partial charge in [-0.2, -0.15) is 0 Å². The second kappa shape index (κ2) is 7.46. The molecule has 0 radical (unpaired) electrons. The number of nitrogens with zero attached hydrogens (tertiary/aromatic N) is 1. The van der Waals surface area contributed by atoms with Gasteiger partial charge in [0.05, 0.1) is 5.92 Å². The summed E-state index contributed by atoms with van der Waals surface area (Å²) in [6.45, 7) is 3.94. The Kier molecular flexibility index (Phi) is 5.62. The molecule has 0 bridgehead atoms. The Morgan fingerprint density at radius 2 is 2.10 bits per heavy atom. The normalized spacial score (nSPS) is 20.8. The lowest BCUT2D eigenvalue weighted by Crippen LogP contribution is -2.43. The summed E-state index contributed by atoms with van der Waals surface area (Å²) in [6.07, 6.45) is 2.98. The minimum Gasteiger partial charge on any atom is -0.382 e. The molecule has 2 N–H and O–H groups in total. The molecule has 2 atom stereocenters. The van der Waals surface area contributed by atoms with Crippen molar-refractivity contribution in [3.8, 4) is 0 Å². The van der Waals surface area contributed by atoms with Gasteiger partial charge < -0.3 is 15.5 Å². The first-order valence-electron chi connectivity index (χ1n) is 7.85. The Hall–Kier alpha value is -1.55. The summed E-state index contributed by atoms with van der Waals surface area (Å²) in [5.41, 5.74) is 2.41. The first-order valence-corrected chi connectivity index (χ1v) is 7.85. The summed E-state index contributed by atoms with van der Waals surface area (Å²) < 4.78 is 0. The standard InChI is InChI=1S/C17H27N3O/c1-13-15(12-14-8-4-5-9-16(14)19-13)17(21)18-10-6-7-11-20(2)3/h4-5,8-9,13,15,19H,6-7,10-12H2,1-3H3,(H,18,21). The first-order chi connectivity index (χ1) is 10.1. The number of amides is 1. The third-order valence-corrected chi connectivity index (χ3v) is 4.11. The molecule has 0 aliphatic carbocycles. The van der Waals surface area contributed by atoms with Crippen LogP contribution in [0.4, 0.5) is 5.69 Å². The Labute approximate surface area is 127 Å². The summed E-state index contributed by atoms with van der Waals surface area (Å²) in [6, 6.07) is 8.44. The molecule has 0 spiro atoms. The fourth-order valence-corrected chi connectivity index (χ4v) is 2.81. The molecule has 0 aromatic heterocycles. The molecule has 1 heterocycles. The highest BCUT2D eigenvalue weighted by Crippen LogP contribution is 2.28. The molecular formula is C17H27N3O. The van der Waals surface area contributed by atoms with Gasteiger partial charge in [-0.05, 0) is 58.5 Å². The molecule has 1 aromatic carbocycles. The Morgan fingerprint density at radius 1 is 1.33 bits per heavy atom. The Bertz CT molecular complexity index is 473. The van der Waals surface area contributed by atoms with Gasteiger partial charge in [0.25, 0.3) is 0 Å². The topological polar surface area (TPSA) is 44.4 Å². The van der Waals surface area contributed by atoms with Crippen molar-refractivity contribution in [3.63, 3.8) is 0 Å². The van der Waals surface area contributed by atoms with Crippen molar-refractivity contribution in [1.82, 2.24) is 10.2 Å². The van der Waals surface area contributed by atoms with Gasteiger partial charge in [0.2, 0.25) is 5.91 Å². The van der Waals surface area contributed by atoms with Crippen molar-refractivity contribution < 1.29 is 4.79 Å². The monoisotopic (exact) mass is 289 g/mol. The lowest BCUT2D eigenvalue weighted by molar-refractivity contribution is -0.125. The van der Waals surface area contributed by atoms with Crippen molar-refractivity contribution in [2.75, 3.05) is 32.5 Å². The van der Waals surface area contributed by atoms with Crippen molar-refractivity contribution in [3.05, 3.63) is 29.8 Å². The van der Waals surface area contributed by atoms with Crippen LogP contribution in [0.25, 0.3) is 0 Å². The number of rotatable bonds is 6. The van der Waals surface area contributed by atoms with Crippen molar-refractivity contribution in [2.45, 2.75) is 32.2 Å². The van der Waals surface area contributed by atoms with E-state index in [0.29, 0.717) is 0 Å². The molecule has 21 heavy (non-hydrogen) atoms. The van der Waals surface area contributed by atoms with E-state index in [2.05, 4.69) is 48.7 Å². The number of hydrogen-bond donors (Lipinski definition) is 2. The Balaban J connectivity index is 1.80. The minimum absolute atomic E-state index is 0.0220. The molecule has 0 saturated carbocycles. The second-order valence-electron chi connectivity index (χ2n) is 6.20. The SMILES string of the molecule is CC1Nc2ccccc2CC1C(=O)NCCCCN(C)C. The van der Waals surface area contributed by atoms with Crippen LogP contribution in [-0.2, 0) is 11.2 Å². The number of benzene rings is 1. The zero-order valence-electron chi connectivity index (χ0n) is 13.4. The van der Waals surface area contributed by atoms with Gasteiger partial charge in [0.1, 0.15) is 0 Å². The summed E-state index contributed by atoms with van der Waals surface area (Å²) in [5.74, 6) is 0.197. The van der Waals surface area contributed by atoms with E-state index in [-0.39, 0.29) is 17.9 Å². The minimum atomic E-state index is 0.0220. The number of carbonyl (C=O) groups is 1. The molecule has 116 valence electrons. The van der Waals surface area contributed by atoms with Gasteiger partial charge in [0.15, 0.2) is 0 Å². The smallest absolute Gasteiger partial charge is 0.225 e. The van der Waals surface area contributed by atoms with Gasteiger partial charge in [-0.15, -0.1) is 0 Å². The zero-order chi connectivity index (χ0) is 15.2. The molecule has 1 aliphatic rings. The number of hydrogen-bond acceptors (Lipinski definition) is 3. The number of fused-ring (bicyclic) bond motifs is 1. The van der Waals surface area contributed by atoms with Crippen LogP contribution >= 0.6 is 0 Å². The second-order valence-corrected chi connectivity index (χ2v) is 6.20. The van der Waals surface area contributed by atoms with E-state index in [1.807, 2.05) is 12.1 Å². The number of nitrogens with one attached hydrogen (secondary N) is 2. The molecule has 0 fully saturated rings. The van der Waals surface area contributed by atoms with Gasteiger partial charge in [0, 0.05) is 18.3 Å². The van der Waals surface area contributed by atoms with Gasteiger partial charge in [-0.25, -0.2) is 0 Å². The number of carbonyl (C=O) groups excluding carboxylic acids is 1. The molecule has 2 unspecified atom stereocenters. The number of para-hydroxylation sites is 1. The third-order valence-electron chi connectivity index (χ3n) is 4.11. The zero-order valence-corrected chi connectivity index (χ0v) is 13.4. The number of unbranched alkanes of at least 4 members (excludes halogenated alkanes) is 1. The van der Waals surface area contributed by atoms with Crippen molar-refractivity contribution in [1.29, 1.82) is 0 Å². The van der Waals surface area contributed by atoms with E-state index in [4.69, 9.17) is 0 Å². The summed E-state index contributed by atoms with van der Waals surface area (Å²) in [5, 5.41) is 6.53. The molecular weight excluding hydrogens is 262 g/mol. The predicted molar refractivity (Wildman–Crippen MR) is 87.5 cm³/mol. The lowest BCUT2D eigenvalue weighted by atomic mass is 9.87. The predicted octanol–water partition coefficient (Wildman–Crippen LogP) is 2.12. The molecule has 1 amide bonds. The van der Waals surface area contributed by atoms with Crippen LogP contribution in [0.1, 0.15) is 25.3 Å². The number of anilines is 1. The van der Waals surface area contributed by atoms with Crippen molar-refractivity contribution >= 4 is 11.6 Å². The fraction of sp³-hybridized carbons (Fsp3) is 0.588. The molecule has 2 rings (SSSR count). The van der Waals surface area contributed by atoms with Crippen LogP contribution in [0.2, 0.25) is 0 Å². The van der Waals surface area contributed by atoms with E-state index >= 15 is 0 Å². The van der Waals surface area contributed by atoms with Gasteiger partial charge in [-0.1, -0.05) is 18.2 Å². The van der Waals surface area contributed by atoms with Crippen LogP contribution in [0.15, 0.2) is 24.3 Å². The highest BCUT2D eigenvalue weighted by molar-refractivity contribution is 5.81. The highest BCUT2D eigenvalue weighted by Gasteiger charge is 2.29. The lowest BCUT2D eigenvalue weighted by Gasteiger charge is -2.31. The van der Waals surface area contributed by atoms with Crippen LogP contribution in [-0.4, -0.2) is 44.0 Å². The van der Waals surface area contributed by atoms with Crippen LogP contribution in [0.3, 0.4) is 0 Å². The van der Waals surface area contributed by atoms with Gasteiger partial charge in [-0.3, -0.25) is 4.79 Å². The molecule has 1 aromatic rings. The average Bonchev–Trinajstić information content (AvgIpc) is 2.45. The van der Waals surface area contributed by atoms with E-state index in [9.17, 15) is 4.79 Å². The van der Waals surface area contributed by atoms with E-state index in [1.54, 1.807) is 0 Å². The summed E-state index contributed by atoms with van der Waals surface area (Å²) in [7, 11) is 4.15. The first kappa shape index (κ1) is 15.8. The largest absolute Gasteiger partial charge is 0.382 e. The van der Waals surface area contributed by atoms with Gasteiger partial charge >= 0.3 is 0 Å². The maximum Gasteiger partial charge on any atom is 0.225 e. The van der Waals surface area contributed by atoms with Crippen LogP contribution in [0, 0.1) is 5.92 Å². The van der Waals surface area contributed by atoms with Crippen LogP contribution < -0.4 is 10.6 Å². The van der Waals surface area contributed by atoms with E-state index in [0.717, 1.165) is 32.4 Å². The third kappa shape index (κ3) is 4.46. The summed E-state index contributed by atoms with van der Waals surface area (Å²) in [4.78, 5) is 14.5. The molecule has 0 saturated heterocycles. The fourth-order valence-electron chi connectivity index (χ4n) is 2.81. The molecule has 1 aliphatic heterocycles. The van der Waals surface area contributed by atoms with Crippen molar-refractivity contribution in [2.24, 2.45) is 5.92 Å². The maximum absolute atomic E-state index is 12.4. The van der Waals surface area contributed by atoms with E-state index < -0.39 is 0 Å². The van der Waals surface area contributed by atoms with Crippen LogP contribution in [0.5, 0.6) is 0 Å². The summed E-state index contributed by atoms with van der Waals surface area (Å²) >= 11 is 0. The maximum atomic E-state index is 12.4. The average molecular weight is 289 g/mol. The van der Waals surface area contributed by atoms with E-state index in [1.165, 1.54) is 11.3 Å². The molecule has 4 nitrogen and oxygen atoms in total. The highest BCUT2D eigenvalue weighted by atomic mass is 16.1. The molecule has 4 heteroatoms. The Morgan fingerprint density at radius 3 is 2.86 bits per heavy atom. The quantitative estimate of drug-likeness (QED) is 0.789.